The lowest BCUT2D eigenvalue weighted by molar-refractivity contribution is -0.139. The predicted octanol–water partition coefficient (Wildman–Crippen LogP) is 7.43. The Balaban J connectivity index is 1.45. The summed E-state index contributed by atoms with van der Waals surface area (Å²) in [5.74, 6) is 2.58. The van der Waals surface area contributed by atoms with Gasteiger partial charge >= 0.3 is 6.18 Å². The van der Waals surface area contributed by atoms with Gasteiger partial charge in [-0.25, -0.2) is 0 Å². The fourth-order valence-electron chi connectivity index (χ4n) is 6.62. The number of fused-ring (bicyclic) bond motifs is 1. The van der Waals surface area contributed by atoms with Gasteiger partial charge in [0.15, 0.2) is 23.0 Å². The van der Waals surface area contributed by atoms with E-state index in [0.717, 1.165) is 28.8 Å². The maximum Gasteiger partial charge on any atom is 0.416 e. The van der Waals surface area contributed by atoms with Gasteiger partial charge in [-0.15, -0.1) is 0 Å². The number of hydrogen-bond acceptors (Lipinski definition) is 7. The van der Waals surface area contributed by atoms with Crippen molar-refractivity contribution in [1.29, 1.82) is 0 Å². The summed E-state index contributed by atoms with van der Waals surface area (Å²) < 4.78 is 70.0. The zero-order valence-corrected chi connectivity index (χ0v) is 29.0. The first-order chi connectivity index (χ1) is 23.6. The zero-order chi connectivity index (χ0) is 35.1. The van der Waals surface area contributed by atoms with E-state index < -0.39 is 17.8 Å². The molecule has 2 aliphatic rings. The number of ether oxygens (including phenoxy) is 5. The van der Waals surface area contributed by atoms with Crippen molar-refractivity contribution in [2.24, 2.45) is 0 Å². The molecular formula is C38H47F3N2O6. The van der Waals surface area contributed by atoms with E-state index in [0.29, 0.717) is 87.5 Å². The van der Waals surface area contributed by atoms with Crippen molar-refractivity contribution >= 4 is 5.91 Å². The van der Waals surface area contributed by atoms with E-state index in [1.54, 1.807) is 6.07 Å². The Morgan fingerprint density at radius 2 is 1.51 bits per heavy atom. The summed E-state index contributed by atoms with van der Waals surface area (Å²) in [6, 6.07) is 14.8. The number of hydrogen-bond donors (Lipinski definition) is 0. The maximum absolute atomic E-state index is 14.3. The topological polar surface area (TPSA) is 69.7 Å². The van der Waals surface area contributed by atoms with Crippen LogP contribution in [0.1, 0.15) is 74.6 Å². The highest BCUT2D eigenvalue weighted by molar-refractivity contribution is 5.79. The summed E-state index contributed by atoms with van der Waals surface area (Å²) in [7, 11) is 0. The first-order valence-corrected chi connectivity index (χ1v) is 17.2. The molecule has 0 radical (unpaired) electrons. The fourth-order valence-corrected chi connectivity index (χ4v) is 6.62. The standard InChI is InChI=1S/C38H47F3N2O6/c1-6-45-32-14-13-26(18-33(32)46-7-2)17-31-30-21-35(48-9-4)34(47-8-3)20-27(30)15-16-43(31)37(44)23-42-22-36(49-24-25(42)5)28-11-10-12-29(19-28)38(39,40)41/h10-14,18-21,25,31,36H,6-9,15-17,22-24H2,1-5H3. The Kier molecular flexibility index (Phi) is 12.0. The summed E-state index contributed by atoms with van der Waals surface area (Å²) in [5.41, 5.74) is 2.80. The third kappa shape index (κ3) is 8.62. The van der Waals surface area contributed by atoms with Gasteiger partial charge in [0.1, 0.15) is 0 Å². The van der Waals surface area contributed by atoms with E-state index in [4.69, 9.17) is 23.7 Å². The van der Waals surface area contributed by atoms with Crippen LogP contribution in [0.3, 0.4) is 0 Å². The fraction of sp³-hybridized carbons (Fsp3) is 0.500. The first kappa shape index (κ1) is 36.3. The number of amides is 1. The molecule has 2 heterocycles. The van der Waals surface area contributed by atoms with Crippen molar-refractivity contribution in [2.75, 3.05) is 52.7 Å². The number of carbonyl (C=O) groups excluding carboxylic acids is 1. The van der Waals surface area contributed by atoms with E-state index in [1.807, 2.05) is 74.8 Å². The Bertz CT molecular complexity index is 1580. The van der Waals surface area contributed by atoms with E-state index in [-0.39, 0.29) is 24.5 Å². The SMILES string of the molecule is CCOc1ccc(CC2c3cc(OCC)c(OCC)cc3CCN2C(=O)CN2CC(c3cccc(C(F)(F)F)c3)OCC2C)cc1OCC. The van der Waals surface area contributed by atoms with Crippen molar-refractivity contribution in [3.63, 3.8) is 0 Å². The van der Waals surface area contributed by atoms with Crippen LogP contribution in [-0.2, 0) is 28.5 Å². The number of halogens is 3. The van der Waals surface area contributed by atoms with Crippen LogP contribution >= 0.6 is 0 Å². The average molecular weight is 685 g/mol. The van der Waals surface area contributed by atoms with Crippen molar-refractivity contribution in [3.05, 3.63) is 82.4 Å². The van der Waals surface area contributed by atoms with Gasteiger partial charge in [0, 0.05) is 19.1 Å². The minimum atomic E-state index is -4.45. The van der Waals surface area contributed by atoms with E-state index >= 15 is 0 Å². The predicted molar refractivity (Wildman–Crippen MR) is 181 cm³/mol. The van der Waals surface area contributed by atoms with Gasteiger partial charge in [-0.2, -0.15) is 13.2 Å². The second kappa shape index (κ2) is 16.2. The van der Waals surface area contributed by atoms with E-state index in [2.05, 4.69) is 0 Å². The zero-order valence-electron chi connectivity index (χ0n) is 29.0. The van der Waals surface area contributed by atoms with Crippen molar-refractivity contribution < 1.29 is 41.7 Å². The van der Waals surface area contributed by atoms with E-state index in [1.165, 1.54) is 6.07 Å². The number of rotatable bonds is 13. The molecule has 266 valence electrons. The lowest BCUT2D eigenvalue weighted by Crippen LogP contribution is -2.51. The van der Waals surface area contributed by atoms with Crippen LogP contribution in [0.5, 0.6) is 23.0 Å². The highest BCUT2D eigenvalue weighted by atomic mass is 19.4. The van der Waals surface area contributed by atoms with Crippen LogP contribution in [0.2, 0.25) is 0 Å². The molecule has 3 atom stereocenters. The molecule has 0 bridgehead atoms. The highest BCUT2D eigenvalue weighted by Gasteiger charge is 2.37. The molecule has 5 rings (SSSR count). The van der Waals surface area contributed by atoms with E-state index in [9.17, 15) is 18.0 Å². The van der Waals surface area contributed by atoms with Gasteiger partial charge in [-0.3, -0.25) is 9.69 Å². The summed E-state index contributed by atoms with van der Waals surface area (Å²) >= 11 is 0. The van der Waals surface area contributed by atoms with Crippen LogP contribution in [0, 0.1) is 0 Å². The smallest absolute Gasteiger partial charge is 0.416 e. The molecule has 8 nitrogen and oxygen atoms in total. The summed E-state index contributed by atoms with van der Waals surface area (Å²) in [4.78, 5) is 18.3. The Hall–Kier alpha value is -3.96. The Labute approximate surface area is 287 Å². The molecule has 0 N–H and O–H groups in total. The molecule has 11 heteroatoms. The van der Waals surface area contributed by atoms with Crippen LogP contribution < -0.4 is 18.9 Å². The molecule has 3 aromatic carbocycles. The molecule has 0 saturated carbocycles. The van der Waals surface area contributed by atoms with Crippen molar-refractivity contribution in [3.8, 4) is 23.0 Å². The molecule has 3 unspecified atom stereocenters. The quantitative estimate of drug-likeness (QED) is 0.186. The molecule has 1 amide bonds. The number of carbonyl (C=O) groups is 1. The minimum Gasteiger partial charge on any atom is -0.490 e. The van der Waals surface area contributed by atoms with Crippen LogP contribution in [0.4, 0.5) is 13.2 Å². The molecule has 3 aromatic rings. The van der Waals surface area contributed by atoms with Gasteiger partial charge in [0.25, 0.3) is 0 Å². The third-order valence-electron chi connectivity index (χ3n) is 9.01. The van der Waals surface area contributed by atoms with Gasteiger partial charge < -0.3 is 28.6 Å². The Morgan fingerprint density at radius 1 is 0.857 bits per heavy atom. The molecule has 1 fully saturated rings. The first-order valence-electron chi connectivity index (χ1n) is 17.2. The highest BCUT2D eigenvalue weighted by Crippen LogP contribution is 2.41. The molecule has 2 aliphatic heterocycles. The molecular weight excluding hydrogens is 637 g/mol. The molecule has 1 saturated heterocycles. The second-order valence-corrected chi connectivity index (χ2v) is 12.3. The average Bonchev–Trinajstić information content (AvgIpc) is 3.07. The molecule has 0 spiro atoms. The van der Waals surface area contributed by atoms with Gasteiger partial charge in [0.2, 0.25) is 5.91 Å². The Morgan fingerprint density at radius 3 is 2.18 bits per heavy atom. The van der Waals surface area contributed by atoms with Gasteiger partial charge in [0.05, 0.1) is 57.3 Å². The molecule has 0 aliphatic carbocycles. The lowest BCUT2D eigenvalue weighted by Gasteiger charge is -2.42. The van der Waals surface area contributed by atoms with Crippen LogP contribution in [0.25, 0.3) is 0 Å². The largest absolute Gasteiger partial charge is 0.490 e. The molecule has 49 heavy (non-hydrogen) atoms. The maximum atomic E-state index is 14.3. The third-order valence-corrected chi connectivity index (χ3v) is 9.01. The van der Waals surface area contributed by atoms with Crippen molar-refractivity contribution in [2.45, 2.75) is 71.8 Å². The lowest BCUT2D eigenvalue weighted by atomic mass is 9.88. The van der Waals surface area contributed by atoms with Gasteiger partial charge in [-0.1, -0.05) is 18.2 Å². The number of morpholine rings is 1. The number of benzene rings is 3. The molecule has 0 aromatic heterocycles. The number of alkyl halides is 3. The van der Waals surface area contributed by atoms with Crippen LogP contribution in [0.15, 0.2) is 54.6 Å². The van der Waals surface area contributed by atoms with Crippen LogP contribution in [-0.4, -0.2) is 74.4 Å². The van der Waals surface area contributed by atoms with Gasteiger partial charge in [-0.05, 0) is 106 Å². The normalized spacial score (nSPS) is 19.7. The number of nitrogens with zero attached hydrogens (tertiary/aromatic N) is 2. The summed E-state index contributed by atoms with van der Waals surface area (Å²) in [6.07, 6.45) is -3.87. The monoisotopic (exact) mass is 684 g/mol. The minimum absolute atomic E-state index is 0.0602. The summed E-state index contributed by atoms with van der Waals surface area (Å²) in [6.45, 7) is 12.8. The second-order valence-electron chi connectivity index (χ2n) is 12.3. The van der Waals surface area contributed by atoms with Crippen molar-refractivity contribution in [1.82, 2.24) is 9.80 Å². The summed E-state index contributed by atoms with van der Waals surface area (Å²) in [5, 5.41) is 0.